The fourth-order valence-corrected chi connectivity index (χ4v) is 2.68. The SMILES string of the molecule is CC(=O)Nn1cc(-c2ccc(Cl)c(Cl)c2)nc1Cc1ccccc1. The second-order valence-corrected chi connectivity index (χ2v) is 6.19. The number of rotatable bonds is 4. The smallest absolute Gasteiger partial charge is 0.235 e. The van der Waals surface area contributed by atoms with Crippen molar-refractivity contribution in [2.24, 2.45) is 0 Å². The van der Waals surface area contributed by atoms with Crippen molar-refractivity contribution in [2.75, 3.05) is 5.43 Å². The first-order valence-electron chi connectivity index (χ1n) is 7.38. The summed E-state index contributed by atoms with van der Waals surface area (Å²) in [5.41, 5.74) is 5.42. The summed E-state index contributed by atoms with van der Waals surface area (Å²) in [6.07, 6.45) is 2.38. The number of hydrogen-bond acceptors (Lipinski definition) is 2. The van der Waals surface area contributed by atoms with Crippen molar-refractivity contribution >= 4 is 29.1 Å². The van der Waals surface area contributed by atoms with Gasteiger partial charge in [0.05, 0.1) is 21.9 Å². The maximum atomic E-state index is 11.5. The van der Waals surface area contributed by atoms with Crippen LogP contribution in [0.3, 0.4) is 0 Å². The van der Waals surface area contributed by atoms with Crippen LogP contribution in [-0.4, -0.2) is 15.6 Å². The Morgan fingerprint density at radius 3 is 2.54 bits per heavy atom. The zero-order valence-corrected chi connectivity index (χ0v) is 14.5. The van der Waals surface area contributed by atoms with Gasteiger partial charge in [0.2, 0.25) is 5.91 Å². The second-order valence-electron chi connectivity index (χ2n) is 5.37. The van der Waals surface area contributed by atoms with Gasteiger partial charge in [-0.25, -0.2) is 9.66 Å². The molecule has 0 spiro atoms. The number of carbonyl (C=O) groups is 1. The van der Waals surface area contributed by atoms with Gasteiger partial charge in [-0.15, -0.1) is 0 Å². The highest BCUT2D eigenvalue weighted by atomic mass is 35.5. The van der Waals surface area contributed by atoms with Crippen LogP contribution in [-0.2, 0) is 11.2 Å². The van der Waals surface area contributed by atoms with Gasteiger partial charge >= 0.3 is 0 Å². The molecule has 2 aromatic carbocycles. The van der Waals surface area contributed by atoms with E-state index in [1.54, 1.807) is 23.0 Å². The van der Waals surface area contributed by atoms with Crippen molar-refractivity contribution in [3.8, 4) is 11.3 Å². The topological polar surface area (TPSA) is 46.9 Å². The maximum absolute atomic E-state index is 11.5. The van der Waals surface area contributed by atoms with Gasteiger partial charge in [0, 0.05) is 18.9 Å². The molecule has 1 heterocycles. The summed E-state index contributed by atoms with van der Waals surface area (Å²) >= 11 is 12.1. The largest absolute Gasteiger partial charge is 0.274 e. The number of nitrogens with one attached hydrogen (secondary N) is 1. The number of halogens is 2. The second kappa shape index (κ2) is 7.07. The van der Waals surface area contributed by atoms with Crippen molar-refractivity contribution in [3.63, 3.8) is 0 Å². The standard InChI is InChI=1S/C18H15Cl2N3O/c1-12(24)22-23-11-17(14-7-8-15(19)16(20)10-14)21-18(23)9-13-5-3-2-4-6-13/h2-8,10-11H,9H2,1H3,(H,22,24). The Hall–Kier alpha value is -2.30. The van der Waals surface area contributed by atoms with Crippen molar-refractivity contribution in [2.45, 2.75) is 13.3 Å². The minimum absolute atomic E-state index is 0.164. The molecule has 0 unspecified atom stereocenters. The minimum Gasteiger partial charge on any atom is -0.274 e. The molecule has 24 heavy (non-hydrogen) atoms. The highest BCUT2D eigenvalue weighted by molar-refractivity contribution is 6.42. The summed E-state index contributed by atoms with van der Waals surface area (Å²) in [5, 5.41) is 0.957. The molecule has 3 rings (SSSR count). The normalized spacial score (nSPS) is 10.6. The number of carbonyl (C=O) groups excluding carboxylic acids is 1. The Bertz CT molecular complexity index is 875. The molecule has 0 bridgehead atoms. The monoisotopic (exact) mass is 359 g/mol. The first kappa shape index (κ1) is 16.6. The summed E-state index contributed by atoms with van der Waals surface area (Å²) < 4.78 is 1.65. The highest BCUT2D eigenvalue weighted by Crippen LogP contribution is 2.28. The molecular weight excluding hydrogens is 345 g/mol. The average molecular weight is 360 g/mol. The van der Waals surface area contributed by atoms with E-state index < -0.39 is 0 Å². The zero-order chi connectivity index (χ0) is 17.1. The number of amides is 1. The fourth-order valence-electron chi connectivity index (χ4n) is 2.38. The Morgan fingerprint density at radius 1 is 1.12 bits per heavy atom. The minimum atomic E-state index is -0.164. The molecule has 0 aliphatic heterocycles. The Morgan fingerprint density at radius 2 is 1.88 bits per heavy atom. The van der Waals surface area contributed by atoms with Gasteiger partial charge in [-0.3, -0.25) is 10.2 Å². The number of benzene rings is 2. The molecule has 4 nitrogen and oxygen atoms in total. The maximum Gasteiger partial charge on any atom is 0.235 e. The molecule has 0 saturated carbocycles. The van der Waals surface area contributed by atoms with Crippen molar-refractivity contribution < 1.29 is 4.79 Å². The molecule has 1 amide bonds. The molecule has 122 valence electrons. The number of nitrogens with zero attached hydrogens (tertiary/aromatic N) is 2. The van der Waals surface area contributed by atoms with Crippen molar-refractivity contribution in [1.29, 1.82) is 0 Å². The fraction of sp³-hybridized carbons (Fsp3) is 0.111. The van der Waals surface area contributed by atoms with Crippen LogP contribution in [0.15, 0.2) is 54.7 Å². The lowest BCUT2D eigenvalue weighted by molar-refractivity contribution is -0.115. The van der Waals surface area contributed by atoms with Crippen LogP contribution in [0.1, 0.15) is 18.3 Å². The first-order chi connectivity index (χ1) is 11.5. The molecule has 1 aromatic heterocycles. The molecule has 0 saturated heterocycles. The van der Waals surface area contributed by atoms with Crippen LogP contribution < -0.4 is 5.43 Å². The van der Waals surface area contributed by atoms with E-state index in [0.717, 1.165) is 17.0 Å². The summed E-state index contributed by atoms with van der Waals surface area (Å²) in [6, 6.07) is 15.3. The van der Waals surface area contributed by atoms with E-state index in [4.69, 9.17) is 23.2 Å². The molecule has 0 atom stereocenters. The Labute approximate surface area is 150 Å². The van der Waals surface area contributed by atoms with Gasteiger partial charge < -0.3 is 0 Å². The lowest BCUT2D eigenvalue weighted by Gasteiger charge is -2.07. The third-order valence-electron chi connectivity index (χ3n) is 3.48. The predicted octanol–water partition coefficient (Wildman–Crippen LogP) is 4.54. The third kappa shape index (κ3) is 3.78. The van der Waals surface area contributed by atoms with E-state index in [-0.39, 0.29) is 5.91 Å². The van der Waals surface area contributed by atoms with Crippen LogP contribution >= 0.6 is 23.2 Å². The lowest BCUT2D eigenvalue weighted by Crippen LogP contribution is -2.21. The quantitative estimate of drug-likeness (QED) is 0.743. The molecule has 0 fully saturated rings. The zero-order valence-electron chi connectivity index (χ0n) is 13.0. The van der Waals surface area contributed by atoms with E-state index >= 15 is 0 Å². The first-order valence-corrected chi connectivity index (χ1v) is 8.14. The number of imidazole rings is 1. The molecule has 0 aliphatic rings. The van der Waals surface area contributed by atoms with Crippen LogP contribution in [0.5, 0.6) is 0 Å². The average Bonchev–Trinajstić information content (AvgIpc) is 2.93. The van der Waals surface area contributed by atoms with Crippen LogP contribution in [0, 0.1) is 0 Å². The predicted molar refractivity (Wildman–Crippen MR) is 97.0 cm³/mol. The van der Waals surface area contributed by atoms with Crippen LogP contribution in [0.25, 0.3) is 11.3 Å². The molecule has 1 N–H and O–H groups in total. The molecular formula is C18H15Cl2N3O. The van der Waals surface area contributed by atoms with Crippen LogP contribution in [0.4, 0.5) is 0 Å². The summed E-state index contributed by atoms with van der Waals surface area (Å²) in [6.45, 7) is 1.46. The van der Waals surface area contributed by atoms with E-state index in [1.807, 2.05) is 36.4 Å². The van der Waals surface area contributed by atoms with Crippen LogP contribution in [0.2, 0.25) is 10.0 Å². The Balaban J connectivity index is 1.99. The van der Waals surface area contributed by atoms with E-state index in [9.17, 15) is 4.79 Å². The van der Waals surface area contributed by atoms with Gasteiger partial charge in [-0.05, 0) is 17.7 Å². The van der Waals surface area contributed by atoms with Gasteiger partial charge in [-0.1, -0.05) is 59.6 Å². The van der Waals surface area contributed by atoms with Gasteiger partial charge in [0.1, 0.15) is 5.82 Å². The van der Waals surface area contributed by atoms with Crippen molar-refractivity contribution in [1.82, 2.24) is 9.66 Å². The highest BCUT2D eigenvalue weighted by Gasteiger charge is 2.12. The van der Waals surface area contributed by atoms with Gasteiger partial charge in [0.15, 0.2) is 0 Å². The van der Waals surface area contributed by atoms with E-state index in [1.165, 1.54) is 6.92 Å². The van der Waals surface area contributed by atoms with Gasteiger partial charge in [-0.2, -0.15) is 0 Å². The molecule has 0 radical (unpaired) electrons. The number of aromatic nitrogens is 2. The number of hydrogen-bond donors (Lipinski definition) is 1. The van der Waals surface area contributed by atoms with E-state index in [2.05, 4.69) is 10.4 Å². The molecule has 0 aliphatic carbocycles. The van der Waals surface area contributed by atoms with Gasteiger partial charge in [0.25, 0.3) is 0 Å². The molecule has 3 aromatic rings. The Kier molecular flexibility index (Phi) is 4.88. The van der Waals surface area contributed by atoms with E-state index in [0.29, 0.717) is 22.2 Å². The summed E-state index contributed by atoms with van der Waals surface area (Å²) in [4.78, 5) is 16.1. The molecule has 6 heteroatoms. The third-order valence-corrected chi connectivity index (χ3v) is 4.22. The van der Waals surface area contributed by atoms with Crippen molar-refractivity contribution in [3.05, 3.63) is 76.2 Å². The lowest BCUT2D eigenvalue weighted by atomic mass is 10.1. The summed E-state index contributed by atoms with van der Waals surface area (Å²) in [7, 11) is 0. The summed E-state index contributed by atoms with van der Waals surface area (Å²) in [5.74, 6) is 0.569.